The molecule has 1 heterocycles. The van der Waals surface area contributed by atoms with Crippen LogP contribution in [0.1, 0.15) is 0 Å². The molecule has 0 spiro atoms. The highest BCUT2D eigenvalue weighted by atomic mass is 16.5. The molecular formula is C11H12BNO4. The fourth-order valence-electron chi connectivity index (χ4n) is 1.79. The Morgan fingerprint density at radius 2 is 1.71 bits per heavy atom. The van der Waals surface area contributed by atoms with Crippen molar-refractivity contribution >= 4 is 23.5 Å². The molecule has 0 aliphatic rings. The average molecular weight is 233 g/mol. The maximum absolute atomic E-state index is 9.34. The first kappa shape index (κ1) is 11.7. The zero-order chi connectivity index (χ0) is 12.4. The van der Waals surface area contributed by atoms with Crippen LogP contribution in [0.5, 0.6) is 11.5 Å². The van der Waals surface area contributed by atoms with Gasteiger partial charge in [0.15, 0.2) is 0 Å². The van der Waals surface area contributed by atoms with E-state index < -0.39 is 7.12 Å². The van der Waals surface area contributed by atoms with E-state index in [1.807, 2.05) is 0 Å². The third-order valence-corrected chi connectivity index (χ3v) is 2.57. The number of pyridine rings is 1. The highest BCUT2D eigenvalue weighted by Crippen LogP contribution is 2.30. The van der Waals surface area contributed by atoms with Gasteiger partial charge in [-0.05, 0) is 23.7 Å². The molecule has 0 atom stereocenters. The lowest BCUT2D eigenvalue weighted by atomic mass is 9.78. The van der Waals surface area contributed by atoms with Crippen LogP contribution in [-0.4, -0.2) is 36.4 Å². The molecule has 0 saturated heterocycles. The molecule has 1 aromatic carbocycles. The van der Waals surface area contributed by atoms with E-state index in [0.717, 1.165) is 0 Å². The third kappa shape index (κ3) is 1.92. The highest BCUT2D eigenvalue weighted by Gasteiger charge is 2.19. The van der Waals surface area contributed by atoms with Crippen molar-refractivity contribution in [1.29, 1.82) is 0 Å². The zero-order valence-electron chi connectivity index (χ0n) is 9.54. The standard InChI is InChI=1S/C11H12BNO4/c1-16-8-3-4-9(17-2)11-10(8)7(12(14)15)5-6-13-11/h3-6,14-15H,1-2H3. The number of benzene rings is 1. The Balaban J connectivity index is 2.85. The van der Waals surface area contributed by atoms with Gasteiger partial charge in [-0.3, -0.25) is 4.98 Å². The van der Waals surface area contributed by atoms with Gasteiger partial charge < -0.3 is 19.5 Å². The lowest BCUT2D eigenvalue weighted by Crippen LogP contribution is -2.30. The van der Waals surface area contributed by atoms with Gasteiger partial charge in [0.05, 0.1) is 14.2 Å². The Kier molecular flexibility index (Phi) is 3.17. The summed E-state index contributed by atoms with van der Waals surface area (Å²) in [5.74, 6) is 1.08. The fraction of sp³-hybridized carbons (Fsp3) is 0.182. The van der Waals surface area contributed by atoms with E-state index in [9.17, 15) is 10.0 Å². The summed E-state index contributed by atoms with van der Waals surface area (Å²) >= 11 is 0. The Bertz CT molecular complexity index is 544. The van der Waals surface area contributed by atoms with Crippen LogP contribution < -0.4 is 14.9 Å². The van der Waals surface area contributed by atoms with Gasteiger partial charge in [0.1, 0.15) is 17.0 Å². The molecule has 88 valence electrons. The van der Waals surface area contributed by atoms with Crippen molar-refractivity contribution in [2.24, 2.45) is 0 Å². The monoisotopic (exact) mass is 233 g/mol. The van der Waals surface area contributed by atoms with Gasteiger partial charge in [-0.25, -0.2) is 0 Å². The van der Waals surface area contributed by atoms with E-state index in [2.05, 4.69) is 4.98 Å². The van der Waals surface area contributed by atoms with Crippen LogP contribution in [0.4, 0.5) is 0 Å². The van der Waals surface area contributed by atoms with Crippen molar-refractivity contribution in [2.45, 2.75) is 0 Å². The fourth-order valence-corrected chi connectivity index (χ4v) is 1.79. The number of hydrogen-bond donors (Lipinski definition) is 2. The highest BCUT2D eigenvalue weighted by molar-refractivity contribution is 6.62. The first-order valence-electron chi connectivity index (χ1n) is 5.04. The van der Waals surface area contributed by atoms with Crippen LogP contribution in [0, 0.1) is 0 Å². The van der Waals surface area contributed by atoms with E-state index in [0.29, 0.717) is 27.9 Å². The van der Waals surface area contributed by atoms with Gasteiger partial charge in [-0.15, -0.1) is 0 Å². The minimum atomic E-state index is -1.58. The van der Waals surface area contributed by atoms with Gasteiger partial charge in [0.25, 0.3) is 0 Å². The summed E-state index contributed by atoms with van der Waals surface area (Å²) < 4.78 is 10.4. The molecule has 0 fully saturated rings. The quantitative estimate of drug-likeness (QED) is 0.726. The topological polar surface area (TPSA) is 71.8 Å². The number of rotatable bonds is 3. The molecule has 2 aromatic rings. The van der Waals surface area contributed by atoms with E-state index in [-0.39, 0.29) is 0 Å². The lowest BCUT2D eigenvalue weighted by Gasteiger charge is -2.12. The number of nitrogens with zero attached hydrogens (tertiary/aromatic N) is 1. The molecule has 6 heteroatoms. The SMILES string of the molecule is COc1ccc(OC)c2c(B(O)O)ccnc12. The molecular weight excluding hydrogens is 221 g/mol. The number of ether oxygens (including phenoxy) is 2. The number of fused-ring (bicyclic) bond motifs is 1. The van der Waals surface area contributed by atoms with Gasteiger partial charge in [-0.2, -0.15) is 0 Å². The summed E-state index contributed by atoms with van der Waals surface area (Å²) in [6, 6.07) is 4.96. The summed E-state index contributed by atoms with van der Waals surface area (Å²) in [6.45, 7) is 0. The Morgan fingerprint density at radius 3 is 2.29 bits per heavy atom. The molecule has 0 saturated carbocycles. The van der Waals surface area contributed by atoms with Crippen molar-refractivity contribution in [3.8, 4) is 11.5 Å². The van der Waals surface area contributed by atoms with Crippen LogP contribution in [-0.2, 0) is 0 Å². The molecule has 5 nitrogen and oxygen atoms in total. The van der Waals surface area contributed by atoms with Crippen LogP contribution >= 0.6 is 0 Å². The van der Waals surface area contributed by atoms with Crippen molar-refractivity contribution in [1.82, 2.24) is 4.98 Å². The first-order valence-corrected chi connectivity index (χ1v) is 5.04. The molecule has 0 amide bonds. The second-order valence-corrected chi connectivity index (χ2v) is 3.47. The Hall–Kier alpha value is -1.79. The lowest BCUT2D eigenvalue weighted by molar-refractivity contribution is 0.409. The molecule has 2 rings (SSSR count). The summed E-state index contributed by atoms with van der Waals surface area (Å²) in [6.07, 6.45) is 1.50. The maximum atomic E-state index is 9.34. The van der Waals surface area contributed by atoms with Gasteiger partial charge in [0, 0.05) is 11.6 Å². The first-order chi connectivity index (χ1) is 8.19. The second-order valence-electron chi connectivity index (χ2n) is 3.47. The molecule has 1 aromatic heterocycles. The van der Waals surface area contributed by atoms with Crippen LogP contribution in [0.2, 0.25) is 0 Å². The molecule has 0 radical (unpaired) electrons. The Labute approximate surface area is 98.8 Å². The van der Waals surface area contributed by atoms with Crippen LogP contribution in [0.15, 0.2) is 24.4 Å². The van der Waals surface area contributed by atoms with Crippen LogP contribution in [0.25, 0.3) is 10.9 Å². The van der Waals surface area contributed by atoms with Gasteiger partial charge in [-0.1, -0.05) is 0 Å². The largest absolute Gasteiger partial charge is 0.496 e. The summed E-state index contributed by atoms with van der Waals surface area (Å²) in [5.41, 5.74) is 0.878. The average Bonchev–Trinajstić information content (AvgIpc) is 2.36. The van der Waals surface area contributed by atoms with Crippen LogP contribution in [0.3, 0.4) is 0 Å². The predicted octanol–water partition coefficient (Wildman–Crippen LogP) is -0.0682. The van der Waals surface area contributed by atoms with E-state index in [4.69, 9.17) is 9.47 Å². The van der Waals surface area contributed by atoms with Crippen molar-refractivity contribution in [3.05, 3.63) is 24.4 Å². The van der Waals surface area contributed by atoms with E-state index in [1.165, 1.54) is 26.5 Å². The van der Waals surface area contributed by atoms with Crippen molar-refractivity contribution in [3.63, 3.8) is 0 Å². The molecule has 17 heavy (non-hydrogen) atoms. The summed E-state index contributed by atoms with van der Waals surface area (Å²) in [7, 11) is 1.47. The van der Waals surface area contributed by atoms with E-state index in [1.54, 1.807) is 12.1 Å². The van der Waals surface area contributed by atoms with Gasteiger partial charge in [0.2, 0.25) is 0 Å². The van der Waals surface area contributed by atoms with Crippen molar-refractivity contribution in [2.75, 3.05) is 14.2 Å². The van der Waals surface area contributed by atoms with Crippen molar-refractivity contribution < 1.29 is 19.5 Å². The smallest absolute Gasteiger partial charge is 0.489 e. The normalized spacial score (nSPS) is 10.4. The molecule has 0 unspecified atom stereocenters. The number of aromatic nitrogens is 1. The van der Waals surface area contributed by atoms with Gasteiger partial charge >= 0.3 is 7.12 Å². The van der Waals surface area contributed by atoms with E-state index >= 15 is 0 Å². The maximum Gasteiger partial charge on any atom is 0.489 e. The molecule has 0 aliphatic heterocycles. The molecule has 0 aliphatic carbocycles. The molecule has 2 N–H and O–H groups in total. The summed E-state index contributed by atoms with van der Waals surface area (Å²) in [5, 5.41) is 19.2. The predicted molar refractivity (Wildman–Crippen MR) is 64.7 cm³/mol. The summed E-state index contributed by atoms with van der Waals surface area (Å²) in [4.78, 5) is 4.18. The number of hydrogen-bond acceptors (Lipinski definition) is 5. The Morgan fingerprint density at radius 1 is 1.06 bits per heavy atom. The third-order valence-electron chi connectivity index (χ3n) is 2.57. The minimum absolute atomic E-state index is 0.339. The minimum Gasteiger partial charge on any atom is -0.496 e. The zero-order valence-corrected chi connectivity index (χ0v) is 9.54. The molecule has 0 bridgehead atoms. The second kappa shape index (κ2) is 4.61. The number of methoxy groups -OCH3 is 2.